The van der Waals surface area contributed by atoms with Crippen LogP contribution in [0.2, 0.25) is 0 Å². The van der Waals surface area contributed by atoms with Crippen molar-refractivity contribution >= 4 is 23.6 Å². The minimum absolute atomic E-state index is 0.00127. The van der Waals surface area contributed by atoms with Crippen LogP contribution in [0.5, 0.6) is 11.5 Å². The molecule has 2 saturated heterocycles. The normalized spacial score (nSPS) is 17.6. The number of nitrogen functional groups attached to an aromatic ring is 1. The van der Waals surface area contributed by atoms with Gasteiger partial charge in [0, 0.05) is 95.9 Å². The molecule has 4 aromatic rings. The summed E-state index contributed by atoms with van der Waals surface area (Å²) in [6, 6.07) is 9.36. The molecule has 0 bridgehead atoms. The Morgan fingerprint density at radius 2 is 1.58 bits per heavy atom. The van der Waals surface area contributed by atoms with Crippen LogP contribution < -0.4 is 10.6 Å². The first-order chi connectivity index (χ1) is 27.6. The lowest BCUT2D eigenvalue weighted by molar-refractivity contribution is -0.132. The molecule has 15 nitrogen and oxygen atoms in total. The highest BCUT2D eigenvalue weighted by Gasteiger charge is 2.30. The zero-order valence-electron chi connectivity index (χ0n) is 32.9. The maximum atomic E-state index is 13.5. The van der Waals surface area contributed by atoms with Crippen LogP contribution in [0.3, 0.4) is 0 Å². The van der Waals surface area contributed by atoms with Crippen molar-refractivity contribution in [3.63, 3.8) is 0 Å². The third-order valence-electron chi connectivity index (χ3n) is 11.7. The Morgan fingerprint density at radius 1 is 0.842 bits per heavy atom. The number of ether oxygens (including phenoxy) is 1. The Labute approximate surface area is 333 Å². The molecule has 2 aromatic heterocycles. The number of rotatable bonds is 10. The lowest BCUT2D eigenvalue weighted by atomic mass is 9.98. The van der Waals surface area contributed by atoms with Crippen molar-refractivity contribution in [1.29, 1.82) is 0 Å². The summed E-state index contributed by atoms with van der Waals surface area (Å²) >= 11 is 0. The largest absolute Gasteiger partial charge is 0.508 e. The molecule has 0 radical (unpaired) electrons. The molecule has 57 heavy (non-hydrogen) atoms. The highest BCUT2D eigenvalue weighted by atomic mass is 16.5. The second-order valence-electron chi connectivity index (χ2n) is 15.9. The van der Waals surface area contributed by atoms with Crippen molar-refractivity contribution in [2.45, 2.75) is 65.2 Å². The fourth-order valence-corrected chi connectivity index (χ4v) is 8.37. The van der Waals surface area contributed by atoms with Gasteiger partial charge in [0.25, 0.3) is 5.91 Å². The molecule has 0 aliphatic carbocycles. The smallest absolute Gasteiger partial charge is 0.258 e. The van der Waals surface area contributed by atoms with E-state index in [2.05, 4.69) is 42.9 Å². The molecule has 2 amide bonds. The molecule has 8 rings (SSSR count). The SMILES string of the molecule is CC(C)c1cc(C(=O)N2Cc3ccc(CN4CCN(CCCC(=O)N5CCc6c(nc(-c7cnc(N)nc7)nc6N6CCOCC6)C5)CC4)cc3C2)c(O)cc1O. The fraction of sp³-hybridized carbons (Fsp3) is 0.476. The standard InChI is InChI=1S/C42H52N10O5/c1-27(2)33-19-34(37(54)20-36(33)53)41(56)52-24-29-6-5-28(18-30(29)25-52)23-49-12-10-48(11-13-49)8-3-4-38(55)51-9-7-32-35(26-51)46-39(31-21-44-42(43)45-22-31)47-40(32)50-14-16-57-17-15-50/h5-6,18-22,27,53-54H,3-4,7-17,23-26H2,1-2H3,(H2,43,44,45). The molecule has 2 aromatic carbocycles. The molecule has 0 atom stereocenters. The number of nitrogens with two attached hydrogens (primary N) is 1. The van der Waals surface area contributed by atoms with Gasteiger partial charge in [-0.2, -0.15) is 0 Å². The predicted octanol–water partition coefficient (Wildman–Crippen LogP) is 3.53. The number of phenols is 2. The molecule has 15 heteroatoms. The van der Waals surface area contributed by atoms with E-state index >= 15 is 0 Å². The maximum Gasteiger partial charge on any atom is 0.258 e. The number of anilines is 2. The minimum Gasteiger partial charge on any atom is -0.508 e. The number of fused-ring (bicyclic) bond motifs is 2. The van der Waals surface area contributed by atoms with E-state index in [0.717, 1.165) is 87.0 Å². The van der Waals surface area contributed by atoms with E-state index in [1.807, 2.05) is 18.7 Å². The van der Waals surface area contributed by atoms with Gasteiger partial charge in [0.15, 0.2) is 5.82 Å². The molecule has 0 spiro atoms. The number of nitrogens with zero attached hydrogens (tertiary/aromatic N) is 9. The monoisotopic (exact) mass is 776 g/mol. The Balaban J connectivity index is 0.810. The lowest BCUT2D eigenvalue weighted by Crippen LogP contribution is -2.46. The molecular formula is C42H52N10O5. The number of phenolic OH excluding ortho intramolecular Hbond substituents is 2. The molecule has 0 unspecified atom stereocenters. The summed E-state index contributed by atoms with van der Waals surface area (Å²) < 4.78 is 5.60. The fourth-order valence-electron chi connectivity index (χ4n) is 8.37. The Kier molecular flexibility index (Phi) is 11.2. The second-order valence-corrected chi connectivity index (χ2v) is 15.9. The maximum absolute atomic E-state index is 13.5. The number of morpholine rings is 1. The van der Waals surface area contributed by atoms with Gasteiger partial charge in [0.05, 0.1) is 36.6 Å². The van der Waals surface area contributed by atoms with E-state index < -0.39 is 0 Å². The third-order valence-corrected chi connectivity index (χ3v) is 11.7. The molecule has 300 valence electrons. The number of aromatic hydroxyl groups is 2. The number of hydrogen-bond donors (Lipinski definition) is 3. The van der Waals surface area contributed by atoms with E-state index in [1.165, 1.54) is 11.6 Å². The van der Waals surface area contributed by atoms with Gasteiger partial charge in [-0.3, -0.25) is 14.5 Å². The zero-order chi connectivity index (χ0) is 39.6. The van der Waals surface area contributed by atoms with Crippen LogP contribution in [-0.2, 0) is 42.1 Å². The summed E-state index contributed by atoms with van der Waals surface area (Å²) in [5.74, 6) is 1.37. The number of amides is 2. The average Bonchev–Trinajstić information content (AvgIpc) is 3.65. The van der Waals surface area contributed by atoms with Crippen molar-refractivity contribution in [3.05, 3.63) is 81.8 Å². The molecular weight excluding hydrogens is 725 g/mol. The second kappa shape index (κ2) is 16.6. The summed E-state index contributed by atoms with van der Waals surface area (Å²) in [7, 11) is 0. The lowest BCUT2D eigenvalue weighted by Gasteiger charge is -2.35. The van der Waals surface area contributed by atoms with Gasteiger partial charge in [-0.25, -0.2) is 19.9 Å². The van der Waals surface area contributed by atoms with Crippen LogP contribution in [0, 0.1) is 0 Å². The Morgan fingerprint density at radius 3 is 2.33 bits per heavy atom. The van der Waals surface area contributed by atoms with Gasteiger partial charge in [-0.1, -0.05) is 32.0 Å². The number of hydrogen-bond acceptors (Lipinski definition) is 13. The van der Waals surface area contributed by atoms with E-state index in [1.54, 1.807) is 23.4 Å². The zero-order valence-corrected chi connectivity index (χ0v) is 32.9. The Hall–Kier alpha value is -5.38. The highest BCUT2D eigenvalue weighted by molar-refractivity contribution is 5.97. The summed E-state index contributed by atoms with van der Waals surface area (Å²) in [5.41, 5.74) is 12.7. The first-order valence-corrected chi connectivity index (χ1v) is 20.1. The summed E-state index contributed by atoms with van der Waals surface area (Å²) in [4.78, 5) is 56.0. The highest BCUT2D eigenvalue weighted by Crippen LogP contribution is 2.35. The molecule has 2 fully saturated rings. The molecule has 4 aliphatic heterocycles. The van der Waals surface area contributed by atoms with Crippen LogP contribution in [0.1, 0.15) is 76.5 Å². The van der Waals surface area contributed by atoms with Crippen molar-refractivity contribution in [1.82, 2.24) is 39.5 Å². The first kappa shape index (κ1) is 38.5. The number of piperazine rings is 1. The van der Waals surface area contributed by atoms with Crippen LogP contribution in [0.25, 0.3) is 11.4 Å². The van der Waals surface area contributed by atoms with Crippen molar-refractivity contribution in [3.8, 4) is 22.9 Å². The van der Waals surface area contributed by atoms with Gasteiger partial charge in [0.1, 0.15) is 17.3 Å². The number of aromatic nitrogens is 4. The van der Waals surface area contributed by atoms with E-state index in [0.29, 0.717) is 69.2 Å². The Bertz CT molecular complexity index is 2120. The van der Waals surface area contributed by atoms with Gasteiger partial charge in [0.2, 0.25) is 11.9 Å². The predicted molar refractivity (Wildman–Crippen MR) is 214 cm³/mol. The van der Waals surface area contributed by atoms with Crippen LogP contribution in [-0.4, -0.2) is 127 Å². The third kappa shape index (κ3) is 8.50. The van der Waals surface area contributed by atoms with Crippen LogP contribution in [0.15, 0.2) is 42.7 Å². The van der Waals surface area contributed by atoms with Crippen molar-refractivity contribution < 1.29 is 24.5 Å². The van der Waals surface area contributed by atoms with E-state index in [-0.39, 0.29) is 40.7 Å². The summed E-state index contributed by atoms with van der Waals surface area (Å²) in [6.45, 7) is 14.3. The minimum atomic E-state index is -0.237. The quantitative estimate of drug-likeness (QED) is 0.213. The van der Waals surface area contributed by atoms with Crippen LogP contribution in [0.4, 0.5) is 11.8 Å². The van der Waals surface area contributed by atoms with E-state index in [4.69, 9.17) is 20.4 Å². The molecule has 4 aliphatic rings. The average molecular weight is 777 g/mol. The van der Waals surface area contributed by atoms with Gasteiger partial charge >= 0.3 is 0 Å². The van der Waals surface area contributed by atoms with Crippen LogP contribution >= 0.6 is 0 Å². The number of benzene rings is 2. The van der Waals surface area contributed by atoms with Gasteiger partial charge in [-0.05, 0) is 53.6 Å². The molecule has 0 saturated carbocycles. The first-order valence-electron chi connectivity index (χ1n) is 20.1. The summed E-state index contributed by atoms with van der Waals surface area (Å²) in [6.07, 6.45) is 5.29. The van der Waals surface area contributed by atoms with Crippen molar-refractivity contribution in [2.75, 3.05) is 76.2 Å². The molecule has 6 heterocycles. The van der Waals surface area contributed by atoms with Crippen molar-refractivity contribution in [2.24, 2.45) is 0 Å². The van der Waals surface area contributed by atoms with Gasteiger partial charge in [-0.15, -0.1) is 0 Å². The van der Waals surface area contributed by atoms with E-state index in [9.17, 15) is 19.8 Å². The van der Waals surface area contributed by atoms with Gasteiger partial charge < -0.3 is 40.3 Å². The molecule has 4 N–H and O–H groups in total. The summed E-state index contributed by atoms with van der Waals surface area (Å²) in [5, 5.41) is 20.7. The topological polar surface area (TPSA) is 178 Å². The number of carbonyl (C=O) groups is 2. The number of carbonyl (C=O) groups excluding carboxylic acids is 2.